The Morgan fingerprint density at radius 2 is 1.73 bits per heavy atom. The van der Waals surface area contributed by atoms with E-state index in [2.05, 4.69) is 10.6 Å². The Morgan fingerprint density at radius 1 is 1.00 bits per heavy atom. The van der Waals surface area contributed by atoms with Gasteiger partial charge in [0.25, 0.3) is 11.8 Å². The summed E-state index contributed by atoms with van der Waals surface area (Å²) in [6.45, 7) is 5.89. The van der Waals surface area contributed by atoms with Gasteiger partial charge in [0.1, 0.15) is 11.5 Å². The molecule has 0 radical (unpaired) electrons. The Bertz CT molecular complexity index is 1030. The van der Waals surface area contributed by atoms with Crippen molar-refractivity contribution < 1.29 is 14.0 Å². The van der Waals surface area contributed by atoms with E-state index in [0.29, 0.717) is 17.7 Å². The Morgan fingerprint density at radius 3 is 2.37 bits per heavy atom. The van der Waals surface area contributed by atoms with Crippen LogP contribution >= 0.6 is 0 Å². The molecular formula is C25H26N2O3. The molecule has 0 spiro atoms. The van der Waals surface area contributed by atoms with Gasteiger partial charge in [0.2, 0.25) is 0 Å². The predicted octanol–water partition coefficient (Wildman–Crippen LogP) is 4.93. The monoisotopic (exact) mass is 402 g/mol. The van der Waals surface area contributed by atoms with Gasteiger partial charge in [-0.25, -0.2) is 0 Å². The van der Waals surface area contributed by atoms with Gasteiger partial charge in [0, 0.05) is 11.6 Å². The zero-order valence-corrected chi connectivity index (χ0v) is 17.4. The molecule has 1 atom stereocenters. The van der Waals surface area contributed by atoms with Crippen LogP contribution in [0, 0.1) is 13.8 Å². The second-order valence-electron chi connectivity index (χ2n) is 7.19. The molecule has 0 aliphatic rings. The van der Waals surface area contributed by atoms with Gasteiger partial charge in [-0.2, -0.15) is 0 Å². The first kappa shape index (κ1) is 21.1. The first-order valence-corrected chi connectivity index (χ1v) is 9.97. The van der Waals surface area contributed by atoms with Crippen molar-refractivity contribution in [3.8, 4) is 0 Å². The van der Waals surface area contributed by atoms with Crippen molar-refractivity contribution in [1.82, 2.24) is 10.6 Å². The Kier molecular flexibility index (Phi) is 6.86. The second kappa shape index (κ2) is 9.74. The van der Waals surface area contributed by atoms with Crippen molar-refractivity contribution in [1.29, 1.82) is 0 Å². The fraction of sp³-hybridized carbons (Fsp3) is 0.200. The lowest BCUT2D eigenvalue weighted by Gasteiger charge is -2.19. The number of benzene rings is 2. The summed E-state index contributed by atoms with van der Waals surface area (Å²) in [5, 5.41) is 5.78. The van der Waals surface area contributed by atoms with Crippen LogP contribution in [0.25, 0.3) is 6.08 Å². The molecule has 1 aromatic heterocycles. The first-order valence-electron chi connectivity index (χ1n) is 9.97. The average Bonchev–Trinajstić information content (AvgIpc) is 3.25. The maximum absolute atomic E-state index is 13.1. The molecule has 5 nitrogen and oxygen atoms in total. The third kappa shape index (κ3) is 5.26. The molecule has 30 heavy (non-hydrogen) atoms. The topological polar surface area (TPSA) is 71.3 Å². The van der Waals surface area contributed by atoms with Crippen molar-refractivity contribution in [3.63, 3.8) is 0 Å². The number of aryl methyl sites for hydroxylation is 2. The minimum absolute atomic E-state index is 0.128. The molecule has 0 fully saturated rings. The average molecular weight is 402 g/mol. The van der Waals surface area contributed by atoms with Crippen LogP contribution in [-0.2, 0) is 4.79 Å². The van der Waals surface area contributed by atoms with Gasteiger partial charge < -0.3 is 15.1 Å². The van der Waals surface area contributed by atoms with Crippen LogP contribution in [0.2, 0.25) is 0 Å². The van der Waals surface area contributed by atoms with Gasteiger partial charge in [0.05, 0.1) is 12.3 Å². The maximum atomic E-state index is 13.1. The lowest BCUT2D eigenvalue weighted by Crippen LogP contribution is -2.37. The quantitative estimate of drug-likeness (QED) is 0.550. The molecule has 0 aliphatic carbocycles. The fourth-order valence-electron chi connectivity index (χ4n) is 3.15. The van der Waals surface area contributed by atoms with E-state index in [-0.39, 0.29) is 23.6 Å². The predicted molar refractivity (Wildman–Crippen MR) is 118 cm³/mol. The number of amides is 2. The molecule has 1 heterocycles. The minimum Gasteiger partial charge on any atom is -0.465 e. The van der Waals surface area contributed by atoms with E-state index in [1.54, 1.807) is 24.3 Å². The number of carbonyl (C=O) groups excluding carboxylic acids is 2. The first-order chi connectivity index (χ1) is 14.5. The summed E-state index contributed by atoms with van der Waals surface area (Å²) in [4.78, 5) is 25.9. The van der Waals surface area contributed by atoms with E-state index in [0.717, 1.165) is 16.7 Å². The number of nitrogens with one attached hydrogen (secondary N) is 2. The third-order valence-electron chi connectivity index (χ3n) is 4.91. The fourth-order valence-corrected chi connectivity index (χ4v) is 3.15. The van der Waals surface area contributed by atoms with E-state index in [1.807, 2.05) is 57.2 Å². The molecule has 5 heteroatoms. The van der Waals surface area contributed by atoms with E-state index in [4.69, 9.17) is 4.42 Å². The molecule has 2 aromatic carbocycles. The molecule has 2 N–H and O–H groups in total. The summed E-state index contributed by atoms with van der Waals surface area (Å²) < 4.78 is 5.35. The summed E-state index contributed by atoms with van der Waals surface area (Å²) in [5.41, 5.74) is 3.65. The second-order valence-corrected chi connectivity index (χ2v) is 7.19. The third-order valence-corrected chi connectivity index (χ3v) is 4.91. The molecule has 2 amide bonds. The van der Waals surface area contributed by atoms with Crippen LogP contribution in [0.4, 0.5) is 0 Å². The highest BCUT2D eigenvalue weighted by atomic mass is 16.3. The van der Waals surface area contributed by atoms with Crippen molar-refractivity contribution in [2.24, 2.45) is 0 Å². The summed E-state index contributed by atoms with van der Waals surface area (Å²) >= 11 is 0. The van der Waals surface area contributed by atoms with E-state index >= 15 is 0 Å². The highest BCUT2D eigenvalue weighted by Crippen LogP contribution is 2.18. The molecule has 3 rings (SSSR count). The molecule has 0 aliphatic heterocycles. The standard InChI is InChI=1S/C25H26N2O3/c1-4-22(19-13-11-17(2)12-14-19)26-25(29)23(16-20-9-7-15-30-20)27-24(28)21-10-6-5-8-18(21)3/h5-16,22H,4H2,1-3H3,(H,26,29)(H,27,28)/b23-16-/t22-/m0/s1. The van der Waals surface area contributed by atoms with Crippen LogP contribution in [0.15, 0.2) is 77.0 Å². The summed E-state index contributed by atoms with van der Waals surface area (Å²) in [5.74, 6) is -0.237. The zero-order chi connectivity index (χ0) is 21.5. The lowest BCUT2D eigenvalue weighted by molar-refractivity contribution is -0.118. The van der Waals surface area contributed by atoms with Gasteiger partial charge in [-0.3, -0.25) is 9.59 Å². The Balaban J connectivity index is 1.84. The van der Waals surface area contributed by atoms with Gasteiger partial charge in [-0.1, -0.05) is 55.0 Å². The van der Waals surface area contributed by atoms with Crippen molar-refractivity contribution >= 4 is 17.9 Å². The van der Waals surface area contributed by atoms with Gasteiger partial charge in [0.15, 0.2) is 0 Å². The number of furan rings is 1. The van der Waals surface area contributed by atoms with E-state index < -0.39 is 0 Å². The number of hydrogen-bond acceptors (Lipinski definition) is 3. The summed E-state index contributed by atoms with van der Waals surface area (Å²) in [6.07, 6.45) is 3.77. The highest BCUT2D eigenvalue weighted by molar-refractivity contribution is 6.05. The van der Waals surface area contributed by atoms with Crippen molar-refractivity contribution in [3.05, 3.63) is 101 Å². The molecule has 0 bridgehead atoms. The van der Waals surface area contributed by atoms with Crippen LogP contribution in [0.5, 0.6) is 0 Å². The molecule has 0 saturated carbocycles. The van der Waals surface area contributed by atoms with Crippen LogP contribution in [0.3, 0.4) is 0 Å². The van der Waals surface area contributed by atoms with Gasteiger partial charge in [-0.05, 0) is 49.6 Å². The SMILES string of the molecule is CC[C@H](NC(=O)/C(=C/c1ccco1)NC(=O)c1ccccc1C)c1ccc(C)cc1. The van der Waals surface area contributed by atoms with Crippen molar-refractivity contribution in [2.45, 2.75) is 33.2 Å². The molecule has 0 unspecified atom stereocenters. The number of carbonyl (C=O) groups is 2. The number of hydrogen-bond donors (Lipinski definition) is 2. The summed E-state index contributed by atoms with van der Waals surface area (Å²) in [6, 6.07) is 18.6. The molecule has 0 saturated heterocycles. The molecular weight excluding hydrogens is 376 g/mol. The maximum Gasteiger partial charge on any atom is 0.268 e. The van der Waals surface area contributed by atoms with Crippen LogP contribution in [0.1, 0.15) is 52.2 Å². The van der Waals surface area contributed by atoms with Gasteiger partial charge in [-0.15, -0.1) is 0 Å². The molecule has 154 valence electrons. The normalized spacial score (nSPS) is 12.3. The molecule has 3 aromatic rings. The lowest BCUT2D eigenvalue weighted by atomic mass is 10.0. The van der Waals surface area contributed by atoms with Crippen LogP contribution < -0.4 is 10.6 Å². The van der Waals surface area contributed by atoms with Crippen molar-refractivity contribution in [2.75, 3.05) is 0 Å². The summed E-state index contributed by atoms with van der Waals surface area (Å²) in [7, 11) is 0. The minimum atomic E-state index is -0.374. The van der Waals surface area contributed by atoms with E-state index in [9.17, 15) is 9.59 Å². The van der Waals surface area contributed by atoms with E-state index in [1.165, 1.54) is 12.3 Å². The van der Waals surface area contributed by atoms with Gasteiger partial charge >= 0.3 is 0 Å². The zero-order valence-electron chi connectivity index (χ0n) is 17.4. The Labute approximate surface area is 176 Å². The van der Waals surface area contributed by atoms with Crippen LogP contribution in [-0.4, -0.2) is 11.8 Å². The Hall–Kier alpha value is -3.60. The smallest absolute Gasteiger partial charge is 0.268 e. The highest BCUT2D eigenvalue weighted by Gasteiger charge is 2.20. The number of rotatable bonds is 7. The largest absolute Gasteiger partial charge is 0.465 e.